The van der Waals surface area contributed by atoms with E-state index in [1.807, 2.05) is 6.92 Å². The third kappa shape index (κ3) is 2.36. The van der Waals surface area contributed by atoms with E-state index in [4.69, 9.17) is 0 Å². The molecule has 0 aromatic carbocycles. The van der Waals surface area contributed by atoms with Gasteiger partial charge >= 0.3 is 0 Å². The van der Waals surface area contributed by atoms with Crippen LogP contribution in [-0.4, -0.2) is 33.5 Å². The van der Waals surface area contributed by atoms with Gasteiger partial charge in [0, 0.05) is 0 Å². The highest BCUT2D eigenvalue weighted by molar-refractivity contribution is 6.14. The first-order chi connectivity index (χ1) is 8.52. The lowest BCUT2D eigenvalue weighted by Gasteiger charge is -2.50. The summed E-state index contributed by atoms with van der Waals surface area (Å²) in [5.74, 6) is -0.856. The van der Waals surface area contributed by atoms with Crippen LogP contribution in [0.25, 0.3) is 0 Å². The summed E-state index contributed by atoms with van der Waals surface area (Å²) in [6, 6.07) is 0. The highest BCUT2D eigenvalue weighted by Crippen LogP contribution is 2.46. The summed E-state index contributed by atoms with van der Waals surface area (Å²) < 4.78 is 0. The molecular weight excluding hydrogens is 244 g/mol. The van der Waals surface area contributed by atoms with Crippen LogP contribution in [0, 0.1) is 10.8 Å². The Balaban J connectivity index is 3.16. The molecule has 1 rings (SSSR count). The summed E-state index contributed by atoms with van der Waals surface area (Å²) in [5.41, 5.74) is -4.17. The van der Waals surface area contributed by atoms with Crippen LogP contribution < -0.4 is 0 Å². The number of hydrogen-bond donors (Lipinski definition) is 2. The Morgan fingerprint density at radius 3 is 2.05 bits per heavy atom. The van der Waals surface area contributed by atoms with Gasteiger partial charge in [-0.3, -0.25) is 9.59 Å². The van der Waals surface area contributed by atoms with Gasteiger partial charge in [0.2, 0.25) is 0 Å². The molecule has 0 amide bonds. The Bertz CT molecular complexity index is 384. The normalized spacial score (nSPS) is 33.5. The smallest absolute Gasteiger partial charge is 0.179 e. The minimum atomic E-state index is -1.81. The molecule has 2 N–H and O–H groups in total. The molecule has 4 nitrogen and oxygen atoms in total. The fraction of sp³-hybridized carbons (Fsp3) is 0.867. The molecule has 0 saturated heterocycles. The predicted octanol–water partition coefficient (Wildman–Crippen LogP) is 1.86. The van der Waals surface area contributed by atoms with Crippen LogP contribution in [0.3, 0.4) is 0 Å². The number of ketones is 2. The van der Waals surface area contributed by atoms with E-state index in [0.717, 1.165) is 12.8 Å². The van der Waals surface area contributed by atoms with Crippen LogP contribution >= 0.6 is 0 Å². The number of aliphatic hydroxyl groups is 2. The monoisotopic (exact) mass is 270 g/mol. The maximum Gasteiger partial charge on any atom is 0.179 e. The van der Waals surface area contributed by atoms with Gasteiger partial charge in [0.05, 0.1) is 10.8 Å². The summed E-state index contributed by atoms with van der Waals surface area (Å²) in [7, 11) is 0. The molecule has 1 fully saturated rings. The van der Waals surface area contributed by atoms with E-state index in [1.54, 1.807) is 13.8 Å². The quantitative estimate of drug-likeness (QED) is 0.604. The number of hydrogen-bond acceptors (Lipinski definition) is 4. The molecule has 0 aliphatic heterocycles. The second kappa shape index (κ2) is 4.98. The van der Waals surface area contributed by atoms with Crippen molar-refractivity contribution in [1.29, 1.82) is 0 Å². The van der Waals surface area contributed by atoms with Gasteiger partial charge in [0.1, 0.15) is 6.10 Å². The fourth-order valence-corrected chi connectivity index (χ4v) is 3.19. The third-order valence-electron chi connectivity index (χ3n) is 4.41. The summed E-state index contributed by atoms with van der Waals surface area (Å²) >= 11 is 0. The zero-order valence-electron chi connectivity index (χ0n) is 12.6. The van der Waals surface area contributed by atoms with Crippen molar-refractivity contribution in [3.63, 3.8) is 0 Å². The highest BCUT2D eigenvalue weighted by Gasteiger charge is 2.64. The summed E-state index contributed by atoms with van der Waals surface area (Å²) in [6.07, 6.45) is 1.38. The van der Waals surface area contributed by atoms with Crippen molar-refractivity contribution in [3.05, 3.63) is 0 Å². The van der Waals surface area contributed by atoms with E-state index in [9.17, 15) is 19.8 Å². The number of Topliss-reactive ketones (excluding diaryl/α,β-unsaturated/α-hetero) is 2. The number of carbonyl (C=O) groups is 2. The summed E-state index contributed by atoms with van der Waals surface area (Å²) in [5, 5.41) is 21.0. The Morgan fingerprint density at radius 2 is 1.58 bits per heavy atom. The Labute approximate surface area is 115 Å². The van der Waals surface area contributed by atoms with Gasteiger partial charge in [-0.1, -0.05) is 40.0 Å². The van der Waals surface area contributed by atoms with Crippen molar-refractivity contribution in [2.75, 3.05) is 0 Å². The molecule has 1 aliphatic rings. The maximum atomic E-state index is 12.4. The van der Waals surface area contributed by atoms with Crippen LogP contribution in [0.4, 0.5) is 0 Å². The summed E-state index contributed by atoms with van der Waals surface area (Å²) in [4.78, 5) is 24.8. The molecule has 2 unspecified atom stereocenters. The predicted molar refractivity (Wildman–Crippen MR) is 72.7 cm³/mol. The fourth-order valence-electron chi connectivity index (χ4n) is 3.19. The lowest BCUT2D eigenvalue weighted by atomic mass is 9.55. The highest BCUT2D eigenvalue weighted by atomic mass is 16.4. The molecule has 1 saturated carbocycles. The SMILES string of the molecule is CCCCCC1(O)C(=O)C(C)(C)C(=O)C(C)(C)C1O. The molecule has 0 spiro atoms. The third-order valence-corrected chi connectivity index (χ3v) is 4.41. The van der Waals surface area contributed by atoms with E-state index in [2.05, 4.69) is 0 Å². The minimum Gasteiger partial charge on any atom is -0.389 e. The van der Waals surface area contributed by atoms with Crippen molar-refractivity contribution < 1.29 is 19.8 Å². The first-order valence-electron chi connectivity index (χ1n) is 7.03. The van der Waals surface area contributed by atoms with Gasteiger partial charge in [-0.25, -0.2) is 0 Å². The molecule has 0 aromatic heterocycles. The van der Waals surface area contributed by atoms with Gasteiger partial charge in [-0.05, 0) is 20.3 Å². The van der Waals surface area contributed by atoms with Crippen LogP contribution in [-0.2, 0) is 9.59 Å². The van der Waals surface area contributed by atoms with Crippen LogP contribution in [0.2, 0.25) is 0 Å². The molecule has 0 heterocycles. The molecule has 1 aliphatic carbocycles. The topological polar surface area (TPSA) is 74.6 Å². The largest absolute Gasteiger partial charge is 0.389 e. The minimum absolute atomic E-state index is 0.209. The Kier molecular flexibility index (Phi) is 4.28. The van der Waals surface area contributed by atoms with E-state index < -0.39 is 28.3 Å². The van der Waals surface area contributed by atoms with E-state index in [0.29, 0.717) is 6.42 Å². The van der Waals surface area contributed by atoms with Gasteiger partial charge < -0.3 is 10.2 Å². The first kappa shape index (κ1) is 16.3. The van der Waals surface area contributed by atoms with E-state index in [-0.39, 0.29) is 12.2 Å². The Morgan fingerprint density at radius 1 is 1.05 bits per heavy atom. The van der Waals surface area contributed by atoms with Crippen molar-refractivity contribution >= 4 is 11.6 Å². The van der Waals surface area contributed by atoms with Crippen LogP contribution in [0.15, 0.2) is 0 Å². The van der Waals surface area contributed by atoms with Crippen molar-refractivity contribution in [2.24, 2.45) is 10.8 Å². The second-order valence-electron chi connectivity index (χ2n) is 6.79. The zero-order valence-corrected chi connectivity index (χ0v) is 12.6. The molecule has 19 heavy (non-hydrogen) atoms. The van der Waals surface area contributed by atoms with Crippen LogP contribution in [0.5, 0.6) is 0 Å². The standard InChI is InChI=1S/C15H26O4/c1-6-7-8-9-15(19)11(17)13(2,3)10(16)14(4,5)12(15)18/h11,17,19H,6-9H2,1-5H3. The lowest BCUT2D eigenvalue weighted by Crippen LogP contribution is -2.69. The zero-order chi connectivity index (χ0) is 15.1. The molecule has 0 bridgehead atoms. The number of aliphatic hydroxyl groups excluding tert-OH is 1. The summed E-state index contributed by atoms with van der Waals surface area (Å²) in [6.45, 7) is 8.30. The molecule has 4 heteroatoms. The van der Waals surface area contributed by atoms with E-state index >= 15 is 0 Å². The van der Waals surface area contributed by atoms with Crippen molar-refractivity contribution in [3.8, 4) is 0 Å². The lowest BCUT2D eigenvalue weighted by molar-refractivity contribution is -0.194. The number of carbonyl (C=O) groups excluding carboxylic acids is 2. The van der Waals surface area contributed by atoms with Gasteiger partial charge in [0.25, 0.3) is 0 Å². The van der Waals surface area contributed by atoms with Gasteiger partial charge in [0.15, 0.2) is 17.2 Å². The molecule has 0 radical (unpaired) electrons. The van der Waals surface area contributed by atoms with Gasteiger partial charge in [-0.15, -0.1) is 0 Å². The maximum absolute atomic E-state index is 12.4. The molecular formula is C15H26O4. The van der Waals surface area contributed by atoms with Crippen molar-refractivity contribution in [1.82, 2.24) is 0 Å². The Hall–Kier alpha value is -0.740. The average molecular weight is 270 g/mol. The van der Waals surface area contributed by atoms with E-state index in [1.165, 1.54) is 13.8 Å². The van der Waals surface area contributed by atoms with Gasteiger partial charge in [-0.2, -0.15) is 0 Å². The number of unbranched alkanes of at least 4 members (excludes halogenated alkanes) is 2. The second-order valence-corrected chi connectivity index (χ2v) is 6.79. The molecule has 0 aromatic rings. The van der Waals surface area contributed by atoms with Crippen molar-refractivity contribution in [2.45, 2.75) is 72.0 Å². The molecule has 2 atom stereocenters. The number of rotatable bonds is 4. The first-order valence-corrected chi connectivity index (χ1v) is 7.03. The average Bonchev–Trinajstić information content (AvgIpc) is 2.34. The van der Waals surface area contributed by atoms with Crippen LogP contribution in [0.1, 0.15) is 60.3 Å². The molecule has 110 valence electrons.